The largest absolute Gasteiger partial charge is 0.395 e. The Kier molecular flexibility index (Phi) is 3.96. The molecular formula is C13H18BrO. The SMILES string of the molecule is C[C](CO)c1cc(Br)ccc1C(C)(C)C. The Labute approximate surface area is 101 Å². The summed E-state index contributed by atoms with van der Waals surface area (Å²) in [7, 11) is 0. The summed E-state index contributed by atoms with van der Waals surface area (Å²) in [4.78, 5) is 0. The van der Waals surface area contributed by atoms with Crippen molar-refractivity contribution >= 4 is 15.9 Å². The Balaban J connectivity index is 3.27. The third kappa shape index (κ3) is 3.05. The minimum atomic E-state index is 0.104. The maximum Gasteiger partial charge on any atom is 0.0534 e. The van der Waals surface area contributed by atoms with E-state index in [0.29, 0.717) is 0 Å². The summed E-state index contributed by atoms with van der Waals surface area (Å²) in [6.07, 6.45) is 0. The van der Waals surface area contributed by atoms with Crippen LogP contribution < -0.4 is 0 Å². The van der Waals surface area contributed by atoms with Crippen molar-refractivity contribution in [2.45, 2.75) is 33.1 Å². The zero-order chi connectivity index (χ0) is 11.6. The van der Waals surface area contributed by atoms with E-state index in [1.807, 2.05) is 6.92 Å². The third-order valence-corrected chi connectivity index (χ3v) is 2.98. The molecule has 1 aromatic carbocycles. The molecule has 0 heterocycles. The average molecular weight is 270 g/mol. The lowest BCUT2D eigenvalue weighted by Crippen LogP contribution is -2.16. The predicted molar refractivity (Wildman–Crippen MR) is 67.9 cm³/mol. The van der Waals surface area contributed by atoms with Crippen molar-refractivity contribution in [1.82, 2.24) is 0 Å². The van der Waals surface area contributed by atoms with Crippen LogP contribution in [0.2, 0.25) is 0 Å². The number of aliphatic hydroxyl groups excluding tert-OH is 1. The minimum Gasteiger partial charge on any atom is -0.395 e. The van der Waals surface area contributed by atoms with Gasteiger partial charge in [-0.15, -0.1) is 0 Å². The number of hydrogen-bond donors (Lipinski definition) is 1. The number of rotatable bonds is 2. The molecule has 0 atom stereocenters. The Hall–Kier alpha value is -0.340. The summed E-state index contributed by atoms with van der Waals surface area (Å²) in [5.74, 6) is 1.02. The van der Waals surface area contributed by atoms with Gasteiger partial charge in [-0.2, -0.15) is 0 Å². The van der Waals surface area contributed by atoms with Crippen molar-refractivity contribution in [3.63, 3.8) is 0 Å². The van der Waals surface area contributed by atoms with Crippen LogP contribution in [0.1, 0.15) is 38.8 Å². The van der Waals surface area contributed by atoms with E-state index in [9.17, 15) is 5.11 Å². The lowest BCUT2D eigenvalue weighted by Gasteiger charge is -2.25. The van der Waals surface area contributed by atoms with Crippen molar-refractivity contribution in [2.75, 3.05) is 6.61 Å². The van der Waals surface area contributed by atoms with Crippen molar-refractivity contribution in [1.29, 1.82) is 0 Å². The van der Waals surface area contributed by atoms with Crippen molar-refractivity contribution in [2.24, 2.45) is 0 Å². The maximum atomic E-state index is 9.22. The van der Waals surface area contributed by atoms with Crippen LogP contribution in [0, 0.1) is 5.92 Å². The van der Waals surface area contributed by atoms with E-state index in [2.05, 4.69) is 54.9 Å². The number of aliphatic hydroxyl groups is 1. The van der Waals surface area contributed by atoms with Gasteiger partial charge in [0.25, 0.3) is 0 Å². The summed E-state index contributed by atoms with van der Waals surface area (Å²) < 4.78 is 1.05. The highest BCUT2D eigenvalue weighted by Gasteiger charge is 2.20. The van der Waals surface area contributed by atoms with Gasteiger partial charge >= 0.3 is 0 Å². The highest BCUT2D eigenvalue weighted by molar-refractivity contribution is 9.10. The molecule has 0 spiro atoms. The van der Waals surface area contributed by atoms with Gasteiger partial charge in [-0.3, -0.25) is 0 Å². The smallest absolute Gasteiger partial charge is 0.0534 e. The van der Waals surface area contributed by atoms with Crippen LogP contribution in [0.3, 0.4) is 0 Å². The summed E-state index contributed by atoms with van der Waals surface area (Å²) >= 11 is 3.47. The molecule has 0 aliphatic carbocycles. The quantitative estimate of drug-likeness (QED) is 0.869. The van der Waals surface area contributed by atoms with E-state index in [4.69, 9.17) is 0 Å². The van der Waals surface area contributed by atoms with Crippen molar-refractivity contribution in [3.8, 4) is 0 Å². The van der Waals surface area contributed by atoms with Crippen LogP contribution in [0.4, 0.5) is 0 Å². The zero-order valence-electron chi connectivity index (χ0n) is 9.76. The molecule has 0 amide bonds. The highest BCUT2D eigenvalue weighted by atomic mass is 79.9. The first kappa shape index (κ1) is 12.7. The summed E-state index contributed by atoms with van der Waals surface area (Å²) in [5.41, 5.74) is 2.53. The van der Waals surface area contributed by atoms with Crippen LogP contribution in [-0.2, 0) is 5.41 Å². The first-order chi connectivity index (χ1) is 6.86. The first-order valence-electron chi connectivity index (χ1n) is 5.10. The molecule has 83 valence electrons. The van der Waals surface area contributed by atoms with Gasteiger partial charge in [-0.05, 0) is 28.7 Å². The zero-order valence-corrected chi connectivity index (χ0v) is 11.4. The predicted octanol–water partition coefficient (Wildman–Crippen LogP) is 3.68. The normalized spacial score (nSPS) is 12.2. The average Bonchev–Trinajstić information content (AvgIpc) is 2.14. The van der Waals surface area contributed by atoms with Gasteiger partial charge in [0.05, 0.1) is 6.61 Å². The standard InChI is InChI=1S/C13H18BrO/c1-9(8-15)11-7-10(14)5-6-12(11)13(2,3)4/h5-7,15H,8H2,1-4H3. The lowest BCUT2D eigenvalue weighted by molar-refractivity contribution is 0.314. The second-order valence-electron chi connectivity index (χ2n) is 4.88. The monoisotopic (exact) mass is 269 g/mol. The maximum absolute atomic E-state index is 9.22. The number of halogens is 1. The fourth-order valence-corrected chi connectivity index (χ4v) is 1.97. The molecule has 1 aromatic rings. The third-order valence-electron chi connectivity index (χ3n) is 2.49. The highest BCUT2D eigenvalue weighted by Crippen LogP contribution is 2.32. The molecule has 1 nitrogen and oxygen atoms in total. The molecule has 0 saturated carbocycles. The minimum absolute atomic E-state index is 0.104. The molecule has 1 N–H and O–H groups in total. The van der Waals surface area contributed by atoms with Gasteiger partial charge in [0.1, 0.15) is 0 Å². The molecule has 1 rings (SSSR count). The molecule has 0 bridgehead atoms. The molecular weight excluding hydrogens is 252 g/mol. The van der Waals surface area contributed by atoms with Crippen LogP contribution in [0.25, 0.3) is 0 Å². The second kappa shape index (κ2) is 4.67. The van der Waals surface area contributed by atoms with Crippen LogP contribution in [0.5, 0.6) is 0 Å². The molecule has 0 fully saturated rings. The molecule has 0 aliphatic heterocycles. The summed E-state index contributed by atoms with van der Waals surface area (Å²) in [6, 6.07) is 6.25. The number of hydrogen-bond acceptors (Lipinski definition) is 1. The summed E-state index contributed by atoms with van der Waals surface area (Å²) in [6.45, 7) is 8.63. The first-order valence-corrected chi connectivity index (χ1v) is 5.89. The Bertz CT molecular complexity index is 339. The fraction of sp³-hybridized carbons (Fsp3) is 0.462. The van der Waals surface area contributed by atoms with Crippen LogP contribution in [-0.4, -0.2) is 11.7 Å². The van der Waals surface area contributed by atoms with Gasteiger partial charge < -0.3 is 5.11 Å². The molecule has 0 aliphatic rings. The van der Waals surface area contributed by atoms with Gasteiger partial charge in [0.2, 0.25) is 0 Å². The topological polar surface area (TPSA) is 20.2 Å². The van der Waals surface area contributed by atoms with Crippen molar-refractivity contribution in [3.05, 3.63) is 39.7 Å². The van der Waals surface area contributed by atoms with E-state index in [0.717, 1.165) is 16.0 Å². The molecule has 0 saturated heterocycles. The fourth-order valence-electron chi connectivity index (χ4n) is 1.61. The van der Waals surface area contributed by atoms with E-state index >= 15 is 0 Å². The van der Waals surface area contributed by atoms with E-state index < -0.39 is 0 Å². The molecule has 15 heavy (non-hydrogen) atoms. The molecule has 1 radical (unpaired) electrons. The van der Waals surface area contributed by atoms with Gasteiger partial charge in [0, 0.05) is 10.4 Å². The second-order valence-corrected chi connectivity index (χ2v) is 5.79. The van der Waals surface area contributed by atoms with Gasteiger partial charge in [-0.1, -0.05) is 49.7 Å². The van der Waals surface area contributed by atoms with Crippen LogP contribution >= 0.6 is 15.9 Å². The van der Waals surface area contributed by atoms with Crippen LogP contribution in [0.15, 0.2) is 22.7 Å². The molecule has 2 heteroatoms. The molecule has 0 unspecified atom stereocenters. The van der Waals surface area contributed by atoms with E-state index in [-0.39, 0.29) is 12.0 Å². The van der Waals surface area contributed by atoms with E-state index in [1.165, 1.54) is 5.56 Å². The summed E-state index contributed by atoms with van der Waals surface area (Å²) in [5, 5.41) is 9.22. The van der Waals surface area contributed by atoms with Gasteiger partial charge in [-0.25, -0.2) is 0 Å². The Morgan fingerprint density at radius 2 is 1.93 bits per heavy atom. The van der Waals surface area contributed by atoms with Gasteiger partial charge in [0.15, 0.2) is 0 Å². The molecule has 0 aromatic heterocycles. The lowest BCUT2D eigenvalue weighted by atomic mass is 9.80. The number of benzene rings is 1. The Morgan fingerprint density at radius 1 is 1.33 bits per heavy atom. The van der Waals surface area contributed by atoms with Crippen molar-refractivity contribution < 1.29 is 5.11 Å². The van der Waals surface area contributed by atoms with E-state index in [1.54, 1.807) is 0 Å². The Morgan fingerprint density at radius 3 is 2.40 bits per heavy atom.